The maximum absolute atomic E-state index is 14.4. The van der Waals surface area contributed by atoms with Gasteiger partial charge in [-0.15, -0.1) is 0 Å². The van der Waals surface area contributed by atoms with Gasteiger partial charge in [-0.1, -0.05) is 54.5 Å². The smallest absolute Gasteiger partial charge is 0.144 e. The van der Waals surface area contributed by atoms with Gasteiger partial charge in [0, 0.05) is 12.0 Å². The molecule has 4 heteroatoms. The molecular formula is C18H16FNO2. The van der Waals surface area contributed by atoms with Gasteiger partial charge >= 0.3 is 0 Å². The fourth-order valence-electron chi connectivity index (χ4n) is 2.45. The summed E-state index contributed by atoms with van der Waals surface area (Å²) in [5, 5.41) is 12.8. The van der Waals surface area contributed by atoms with E-state index >= 15 is 0 Å². The van der Waals surface area contributed by atoms with E-state index in [1.54, 1.807) is 12.1 Å². The summed E-state index contributed by atoms with van der Waals surface area (Å²) in [5.74, 6) is -0.0103. The second-order valence-electron chi connectivity index (χ2n) is 5.20. The van der Waals surface area contributed by atoms with Crippen molar-refractivity contribution in [3.05, 3.63) is 77.4 Å². The van der Waals surface area contributed by atoms with E-state index in [9.17, 15) is 4.39 Å². The summed E-state index contributed by atoms with van der Waals surface area (Å²) < 4.78 is 19.6. The van der Waals surface area contributed by atoms with Crippen molar-refractivity contribution in [2.45, 2.75) is 19.4 Å². The zero-order valence-corrected chi connectivity index (χ0v) is 12.2. The number of nitrogens with zero attached hydrogens (tertiary/aromatic N) is 1. The van der Waals surface area contributed by atoms with Crippen molar-refractivity contribution in [1.29, 1.82) is 0 Å². The summed E-state index contributed by atoms with van der Waals surface area (Å²) in [7, 11) is 0. The molecule has 1 heterocycles. The highest BCUT2D eigenvalue weighted by Gasteiger charge is 2.18. The predicted molar refractivity (Wildman–Crippen MR) is 81.8 cm³/mol. The van der Waals surface area contributed by atoms with Gasteiger partial charge in [-0.25, -0.2) is 4.39 Å². The Morgan fingerprint density at radius 2 is 1.86 bits per heavy atom. The highest BCUT2D eigenvalue weighted by atomic mass is 19.1. The van der Waals surface area contributed by atoms with Crippen LogP contribution >= 0.6 is 0 Å². The van der Waals surface area contributed by atoms with Crippen LogP contribution in [0.5, 0.6) is 0 Å². The Hall–Kier alpha value is -2.46. The number of rotatable bonds is 4. The molecule has 0 bridgehead atoms. The van der Waals surface area contributed by atoms with E-state index in [-0.39, 0.29) is 18.3 Å². The second-order valence-corrected chi connectivity index (χ2v) is 5.20. The molecule has 0 saturated heterocycles. The van der Waals surface area contributed by atoms with Crippen LogP contribution in [0, 0.1) is 5.82 Å². The molecule has 1 N–H and O–H groups in total. The van der Waals surface area contributed by atoms with E-state index in [4.69, 9.17) is 9.63 Å². The Balaban J connectivity index is 1.92. The van der Waals surface area contributed by atoms with E-state index in [0.29, 0.717) is 17.0 Å². The highest BCUT2D eigenvalue weighted by Crippen LogP contribution is 2.30. The topological polar surface area (TPSA) is 46.3 Å². The first kappa shape index (κ1) is 14.5. The largest absolute Gasteiger partial charge is 0.390 e. The van der Waals surface area contributed by atoms with Crippen LogP contribution in [-0.2, 0) is 6.61 Å². The van der Waals surface area contributed by atoms with Gasteiger partial charge in [0.25, 0.3) is 0 Å². The summed E-state index contributed by atoms with van der Waals surface area (Å²) in [5.41, 5.74) is 2.80. The second kappa shape index (κ2) is 6.12. The van der Waals surface area contributed by atoms with Gasteiger partial charge in [0.2, 0.25) is 0 Å². The molecule has 3 aromatic rings. The summed E-state index contributed by atoms with van der Waals surface area (Å²) in [6.45, 7) is 1.66. The Kier molecular flexibility index (Phi) is 4.02. The molecule has 0 fully saturated rings. The van der Waals surface area contributed by atoms with E-state index in [2.05, 4.69) is 5.16 Å². The first-order chi connectivity index (χ1) is 10.7. The number of aliphatic hydroxyl groups is 1. The quantitative estimate of drug-likeness (QED) is 0.787. The van der Waals surface area contributed by atoms with Gasteiger partial charge in [0.05, 0.1) is 6.61 Å². The maximum Gasteiger partial charge on any atom is 0.144 e. The van der Waals surface area contributed by atoms with Crippen LogP contribution in [0.15, 0.2) is 59.1 Å². The lowest BCUT2D eigenvalue weighted by atomic mass is 9.95. The lowest BCUT2D eigenvalue weighted by Crippen LogP contribution is -1.98. The number of aromatic nitrogens is 1. The molecule has 3 nitrogen and oxygen atoms in total. The van der Waals surface area contributed by atoms with Crippen molar-refractivity contribution in [2.24, 2.45) is 0 Å². The van der Waals surface area contributed by atoms with Crippen LogP contribution in [0.1, 0.15) is 29.9 Å². The Morgan fingerprint density at radius 3 is 2.50 bits per heavy atom. The summed E-state index contributed by atoms with van der Waals surface area (Å²) >= 11 is 0. The van der Waals surface area contributed by atoms with E-state index in [0.717, 1.165) is 11.1 Å². The summed E-state index contributed by atoms with van der Waals surface area (Å²) in [6.07, 6.45) is 0. The van der Waals surface area contributed by atoms with Crippen LogP contribution in [-0.4, -0.2) is 10.3 Å². The number of hydrogen-bond acceptors (Lipinski definition) is 3. The number of halogens is 1. The fourth-order valence-corrected chi connectivity index (χ4v) is 2.45. The third kappa shape index (κ3) is 2.78. The highest BCUT2D eigenvalue weighted by molar-refractivity contribution is 5.63. The molecule has 22 heavy (non-hydrogen) atoms. The van der Waals surface area contributed by atoms with Crippen LogP contribution in [0.25, 0.3) is 11.1 Å². The third-order valence-electron chi connectivity index (χ3n) is 3.74. The molecule has 1 atom stereocenters. The number of benzene rings is 2. The van der Waals surface area contributed by atoms with Crippen LogP contribution in [0.2, 0.25) is 0 Å². The fraction of sp³-hybridized carbons (Fsp3) is 0.167. The van der Waals surface area contributed by atoms with E-state index < -0.39 is 0 Å². The molecule has 1 unspecified atom stereocenters. The third-order valence-corrected chi connectivity index (χ3v) is 3.74. The molecule has 0 aliphatic carbocycles. The zero-order chi connectivity index (χ0) is 15.5. The molecular weight excluding hydrogens is 281 g/mol. The van der Waals surface area contributed by atoms with Gasteiger partial charge < -0.3 is 9.63 Å². The van der Waals surface area contributed by atoms with Crippen molar-refractivity contribution in [1.82, 2.24) is 5.16 Å². The molecule has 1 aromatic heterocycles. The monoisotopic (exact) mass is 297 g/mol. The first-order valence-corrected chi connectivity index (χ1v) is 7.10. The van der Waals surface area contributed by atoms with Gasteiger partial charge in [-0.05, 0) is 22.8 Å². The molecule has 0 radical (unpaired) electrons. The normalized spacial score (nSPS) is 12.3. The lowest BCUT2D eigenvalue weighted by Gasteiger charge is -2.11. The van der Waals surface area contributed by atoms with Crippen molar-refractivity contribution in [2.75, 3.05) is 0 Å². The number of hydrogen-bond donors (Lipinski definition) is 1. The minimum Gasteiger partial charge on any atom is -0.390 e. The Labute approximate surface area is 128 Å². The zero-order valence-electron chi connectivity index (χ0n) is 12.2. The van der Waals surface area contributed by atoms with Gasteiger partial charge in [0.15, 0.2) is 0 Å². The van der Waals surface area contributed by atoms with Crippen LogP contribution in [0.4, 0.5) is 4.39 Å². The SMILES string of the molecule is CC(c1cc(CO)no1)c1ccc(-c2ccccc2)cc1F. The van der Waals surface area contributed by atoms with Crippen LogP contribution in [0.3, 0.4) is 0 Å². The van der Waals surface area contributed by atoms with Crippen molar-refractivity contribution in [3.63, 3.8) is 0 Å². The van der Waals surface area contributed by atoms with Gasteiger partial charge in [-0.3, -0.25) is 0 Å². The van der Waals surface area contributed by atoms with Gasteiger partial charge in [-0.2, -0.15) is 0 Å². The molecule has 0 saturated carbocycles. The Morgan fingerprint density at radius 1 is 1.09 bits per heavy atom. The molecule has 0 aliphatic heterocycles. The minimum atomic E-state index is -0.282. The Bertz CT molecular complexity index is 768. The molecule has 0 amide bonds. The first-order valence-electron chi connectivity index (χ1n) is 7.10. The van der Waals surface area contributed by atoms with E-state index in [1.807, 2.05) is 43.3 Å². The van der Waals surface area contributed by atoms with Crippen molar-refractivity contribution < 1.29 is 14.0 Å². The average molecular weight is 297 g/mol. The molecule has 3 rings (SSSR count). The maximum atomic E-state index is 14.4. The van der Waals surface area contributed by atoms with Crippen molar-refractivity contribution >= 4 is 0 Å². The summed E-state index contributed by atoms with van der Waals surface area (Å²) in [6, 6.07) is 16.5. The minimum absolute atomic E-state index is 0.189. The molecule has 112 valence electrons. The van der Waals surface area contributed by atoms with Crippen molar-refractivity contribution in [3.8, 4) is 11.1 Å². The molecule has 2 aromatic carbocycles. The predicted octanol–water partition coefficient (Wildman–Crippen LogP) is 4.12. The summed E-state index contributed by atoms with van der Waals surface area (Å²) in [4.78, 5) is 0. The van der Waals surface area contributed by atoms with Crippen LogP contribution < -0.4 is 0 Å². The van der Waals surface area contributed by atoms with E-state index in [1.165, 1.54) is 6.07 Å². The lowest BCUT2D eigenvalue weighted by molar-refractivity contribution is 0.264. The molecule has 0 spiro atoms. The average Bonchev–Trinajstić information content (AvgIpc) is 3.04. The number of aliphatic hydroxyl groups excluding tert-OH is 1. The standard InChI is InChI=1S/C18H16FNO2/c1-12(18-10-15(11-21)20-22-18)16-8-7-14(9-17(16)19)13-5-3-2-4-6-13/h2-10,12,21H,11H2,1H3. The molecule has 0 aliphatic rings. The van der Waals surface area contributed by atoms with Gasteiger partial charge in [0.1, 0.15) is 17.3 Å².